The number of aliphatic hydroxyl groups is 1. The molecule has 1 N–H and O–H groups in total. The standard InChI is InChI=1S/C31H50O3/c1-26(2)22-11-14-31(7)23(29(22,5)13-12-24(26)32)10-9-20-21-19-28(4,25(33)34-8)16-15-27(21,3)17-18-30(20,31)6/h9,21-24,32H,10-19H2,1-8H3/t21-,22+,23-,24+,27-,28+,29-,30+,31+/m1/s1. The summed E-state index contributed by atoms with van der Waals surface area (Å²) in [5, 5.41) is 10.9. The van der Waals surface area contributed by atoms with Crippen LogP contribution in [0, 0.1) is 50.2 Å². The quantitative estimate of drug-likeness (QED) is 0.322. The second-order valence-corrected chi connectivity index (χ2v) is 15.1. The van der Waals surface area contributed by atoms with Gasteiger partial charge in [0.25, 0.3) is 0 Å². The van der Waals surface area contributed by atoms with Gasteiger partial charge in [-0.15, -0.1) is 0 Å². The van der Waals surface area contributed by atoms with Crippen molar-refractivity contribution in [3.63, 3.8) is 0 Å². The van der Waals surface area contributed by atoms with Crippen molar-refractivity contribution in [3.05, 3.63) is 11.6 Å². The van der Waals surface area contributed by atoms with Gasteiger partial charge in [0.15, 0.2) is 0 Å². The smallest absolute Gasteiger partial charge is 0.311 e. The molecule has 0 aromatic carbocycles. The lowest BCUT2D eigenvalue weighted by Gasteiger charge is -2.71. The Morgan fingerprint density at radius 1 is 0.912 bits per heavy atom. The van der Waals surface area contributed by atoms with Crippen LogP contribution >= 0.6 is 0 Å². The van der Waals surface area contributed by atoms with Gasteiger partial charge in [-0.25, -0.2) is 0 Å². The van der Waals surface area contributed by atoms with Crippen LogP contribution in [0.1, 0.15) is 113 Å². The molecule has 0 radical (unpaired) electrons. The molecule has 0 heterocycles. The van der Waals surface area contributed by atoms with Gasteiger partial charge in [0, 0.05) is 0 Å². The topological polar surface area (TPSA) is 46.5 Å². The van der Waals surface area contributed by atoms with Crippen LogP contribution in [0.25, 0.3) is 0 Å². The summed E-state index contributed by atoms with van der Waals surface area (Å²) in [6.45, 7) is 17.1. The Bertz CT molecular complexity index is 904. The molecular formula is C31H50O3. The Labute approximate surface area is 208 Å². The van der Waals surface area contributed by atoms with Crippen molar-refractivity contribution in [2.24, 2.45) is 50.2 Å². The molecule has 5 aliphatic rings. The lowest BCUT2D eigenvalue weighted by atomic mass is 9.33. The molecule has 0 spiro atoms. The van der Waals surface area contributed by atoms with E-state index in [0.29, 0.717) is 23.2 Å². The minimum atomic E-state index is -0.358. The Morgan fingerprint density at radius 2 is 1.59 bits per heavy atom. The predicted octanol–water partition coefficient (Wildman–Crippen LogP) is 7.32. The SMILES string of the molecule is COC(=O)[C@@]1(C)CC[C@]2(C)CC[C@@]3(C)C(=CC[C@@H]4[C@]5(C)CC[C@H](O)C(C)(C)[C@@H]5CC[C@@]43C)[C@H]2C1. The molecule has 3 nitrogen and oxygen atoms in total. The van der Waals surface area contributed by atoms with Crippen LogP contribution in [0.15, 0.2) is 11.6 Å². The Morgan fingerprint density at radius 3 is 2.26 bits per heavy atom. The lowest BCUT2D eigenvalue weighted by molar-refractivity contribution is -0.203. The summed E-state index contributed by atoms with van der Waals surface area (Å²) < 4.78 is 5.29. The highest BCUT2D eigenvalue weighted by atomic mass is 16.5. The molecule has 0 aliphatic heterocycles. The molecule has 3 heteroatoms. The largest absolute Gasteiger partial charge is 0.469 e. The maximum absolute atomic E-state index is 12.8. The first kappa shape index (κ1) is 24.8. The molecular weight excluding hydrogens is 420 g/mol. The third-order valence-electron chi connectivity index (χ3n) is 13.5. The molecule has 192 valence electrons. The Kier molecular flexibility index (Phi) is 5.38. The van der Waals surface area contributed by atoms with E-state index in [9.17, 15) is 9.90 Å². The first-order valence-corrected chi connectivity index (χ1v) is 14.2. The number of aliphatic hydroxyl groups excluding tert-OH is 1. The van der Waals surface area contributed by atoms with E-state index in [4.69, 9.17) is 4.74 Å². The van der Waals surface area contributed by atoms with Crippen LogP contribution in [0.5, 0.6) is 0 Å². The number of methoxy groups -OCH3 is 1. The summed E-state index contributed by atoms with van der Waals surface area (Å²) in [6.07, 6.45) is 13.8. The van der Waals surface area contributed by atoms with Crippen molar-refractivity contribution in [3.8, 4) is 0 Å². The summed E-state index contributed by atoms with van der Waals surface area (Å²) in [5.74, 6) is 1.72. The van der Waals surface area contributed by atoms with Gasteiger partial charge in [0.2, 0.25) is 0 Å². The fourth-order valence-corrected chi connectivity index (χ4v) is 10.8. The number of fused-ring (bicyclic) bond motifs is 7. The monoisotopic (exact) mass is 470 g/mol. The summed E-state index contributed by atoms with van der Waals surface area (Å²) in [4.78, 5) is 12.8. The molecule has 4 fully saturated rings. The van der Waals surface area contributed by atoms with E-state index >= 15 is 0 Å². The molecule has 4 saturated carbocycles. The first-order chi connectivity index (χ1) is 15.7. The number of ether oxygens (including phenoxy) is 1. The highest BCUT2D eigenvalue weighted by Gasteiger charge is 2.68. The van der Waals surface area contributed by atoms with Crippen molar-refractivity contribution in [2.75, 3.05) is 7.11 Å². The molecule has 34 heavy (non-hydrogen) atoms. The molecule has 9 atom stereocenters. The highest BCUT2D eigenvalue weighted by Crippen LogP contribution is 2.75. The number of esters is 1. The number of allylic oxidation sites excluding steroid dienone is 2. The zero-order valence-electron chi connectivity index (χ0n) is 23.2. The van der Waals surface area contributed by atoms with Crippen molar-refractivity contribution in [2.45, 2.75) is 119 Å². The second-order valence-electron chi connectivity index (χ2n) is 15.1. The van der Waals surface area contributed by atoms with Crippen LogP contribution in [-0.2, 0) is 9.53 Å². The highest BCUT2D eigenvalue weighted by molar-refractivity contribution is 5.76. The fourth-order valence-electron chi connectivity index (χ4n) is 10.8. The lowest BCUT2D eigenvalue weighted by Crippen LogP contribution is -2.64. The van der Waals surface area contributed by atoms with Gasteiger partial charge in [-0.1, -0.05) is 53.2 Å². The molecule has 5 aliphatic carbocycles. The average molecular weight is 471 g/mol. The minimum absolute atomic E-state index is 0.00391. The maximum Gasteiger partial charge on any atom is 0.311 e. The summed E-state index contributed by atoms with van der Waals surface area (Å²) in [6, 6.07) is 0. The van der Waals surface area contributed by atoms with Crippen molar-refractivity contribution in [1.29, 1.82) is 0 Å². The van der Waals surface area contributed by atoms with E-state index < -0.39 is 0 Å². The van der Waals surface area contributed by atoms with Crippen LogP contribution in [0.4, 0.5) is 0 Å². The van der Waals surface area contributed by atoms with Crippen molar-refractivity contribution in [1.82, 2.24) is 0 Å². The average Bonchev–Trinajstić information content (AvgIpc) is 2.77. The molecule has 5 rings (SSSR count). The third kappa shape index (κ3) is 2.94. The molecule has 0 unspecified atom stereocenters. The predicted molar refractivity (Wildman–Crippen MR) is 137 cm³/mol. The summed E-state index contributed by atoms with van der Waals surface area (Å²) >= 11 is 0. The minimum Gasteiger partial charge on any atom is -0.469 e. The van der Waals surface area contributed by atoms with Crippen molar-refractivity contribution < 1.29 is 14.6 Å². The number of carbonyl (C=O) groups excluding carboxylic acids is 1. The summed E-state index contributed by atoms with van der Waals surface area (Å²) in [7, 11) is 1.56. The zero-order valence-corrected chi connectivity index (χ0v) is 23.2. The molecule has 0 saturated heterocycles. The zero-order chi connectivity index (χ0) is 24.9. The maximum atomic E-state index is 12.8. The van der Waals surface area contributed by atoms with Gasteiger partial charge in [-0.2, -0.15) is 0 Å². The number of carbonyl (C=O) groups is 1. The Hall–Kier alpha value is -0.830. The van der Waals surface area contributed by atoms with Crippen molar-refractivity contribution >= 4 is 5.97 Å². The van der Waals surface area contributed by atoms with E-state index in [0.717, 1.165) is 32.1 Å². The normalized spacial score (nSPS) is 54.0. The molecule has 0 aromatic rings. The number of hydrogen-bond donors (Lipinski definition) is 1. The first-order valence-electron chi connectivity index (χ1n) is 14.2. The van der Waals surface area contributed by atoms with Crippen LogP contribution in [0.2, 0.25) is 0 Å². The van der Waals surface area contributed by atoms with Gasteiger partial charge >= 0.3 is 5.97 Å². The Balaban J connectivity index is 1.56. The number of hydrogen-bond acceptors (Lipinski definition) is 3. The van der Waals surface area contributed by atoms with Gasteiger partial charge < -0.3 is 9.84 Å². The van der Waals surface area contributed by atoms with E-state index in [1.165, 1.54) is 32.1 Å². The van der Waals surface area contributed by atoms with Crippen LogP contribution in [-0.4, -0.2) is 24.3 Å². The third-order valence-corrected chi connectivity index (χ3v) is 13.5. The van der Waals surface area contributed by atoms with E-state index in [1.54, 1.807) is 12.7 Å². The molecule has 0 amide bonds. The van der Waals surface area contributed by atoms with E-state index in [1.807, 2.05) is 0 Å². The van der Waals surface area contributed by atoms with E-state index in [2.05, 4.69) is 54.5 Å². The number of rotatable bonds is 1. The second kappa shape index (κ2) is 7.36. The van der Waals surface area contributed by atoms with Crippen LogP contribution < -0.4 is 0 Å². The van der Waals surface area contributed by atoms with E-state index in [-0.39, 0.29) is 39.1 Å². The van der Waals surface area contributed by atoms with Gasteiger partial charge in [-0.3, -0.25) is 4.79 Å². The summed E-state index contributed by atoms with van der Waals surface area (Å²) in [5.41, 5.74) is 2.39. The fraction of sp³-hybridized carbons (Fsp3) is 0.903. The van der Waals surface area contributed by atoms with Gasteiger partial charge in [0.05, 0.1) is 18.6 Å². The van der Waals surface area contributed by atoms with Gasteiger partial charge in [0.1, 0.15) is 0 Å². The molecule has 0 aromatic heterocycles. The van der Waals surface area contributed by atoms with Crippen LogP contribution in [0.3, 0.4) is 0 Å². The molecule has 0 bridgehead atoms. The van der Waals surface area contributed by atoms with Gasteiger partial charge in [-0.05, 0) is 116 Å².